The Kier molecular flexibility index (Phi) is 5.75. The highest BCUT2D eigenvalue weighted by Gasteiger charge is 2.19. The lowest BCUT2D eigenvalue weighted by Crippen LogP contribution is -2.31. The third-order valence-electron chi connectivity index (χ3n) is 3.49. The van der Waals surface area contributed by atoms with E-state index < -0.39 is 6.10 Å². The van der Waals surface area contributed by atoms with Gasteiger partial charge < -0.3 is 15.0 Å². The number of nitriles is 1. The number of hydrogen-bond donors (Lipinski definition) is 1. The molecule has 128 valence electrons. The number of rotatable bonds is 5. The Hall–Kier alpha value is -3.33. The van der Waals surface area contributed by atoms with Crippen molar-refractivity contribution in [3.8, 4) is 11.8 Å². The second-order valence-corrected chi connectivity index (χ2v) is 5.63. The zero-order valence-electron chi connectivity index (χ0n) is 14.3. The summed E-state index contributed by atoms with van der Waals surface area (Å²) in [6.07, 6.45) is -0.768. The summed E-state index contributed by atoms with van der Waals surface area (Å²) in [5, 5.41) is 11.5. The Labute approximate surface area is 146 Å². The van der Waals surface area contributed by atoms with Crippen LogP contribution in [-0.4, -0.2) is 36.9 Å². The Morgan fingerprint density at radius 3 is 2.36 bits per heavy atom. The number of nitrogens with zero attached hydrogens (tertiary/aromatic N) is 2. The van der Waals surface area contributed by atoms with Crippen LogP contribution in [0.2, 0.25) is 0 Å². The van der Waals surface area contributed by atoms with Crippen LogP contribution in [-0.2, 0) is 4.79 Å². The smallest absolute Gasteiger partial charge is 0.265 e. The van der Waals surface area contributed by atoms with Gasteiger partial charge in [-0.1, -0.05) is 12.1 Å². The number of anilines is 1. The minimum Gasteiger partial charge on any atom is -0.481 e. The lowest BCUT2D eigenvalue weighted by atomic mass is 10.1. The maximum Gasteiger partial charge on any atom is 0.265 e. The first-order valence-corrected chi connectivity index (χ1v) is 7.70. The molecule has 2 aromatic carbocycles. The maximum absolute atomic E-state index is 12.4. The number of carbonyl (C=O) groups excluding carboxylic acids is 2. The predicted molar refractivity (Wildman–Crippen MR) is 94.3 cm³/mol. The first kappa shape index (κ1) is 18.0. The molecule has 0 fully saturated rings. The zero-order chi connectivity index (χ0) is 18.4. The molecular weight excluding hydrogens is 318 g/mol. The molecule has 0 spiro atoms. The quantitative estimate of drug-likeness (QED) is 0.909. The number of benzene rings is 2. The van der Waals surface area contributed by atoms with Gasteiger partial charge in [-0.05, 0) is 43.3 Å². The van der Waals surface area contributed by atoms with Crippen LogP contribution in [0, 0.1) is 11.3 Å². The van der Waals surface area contributed by atoms with Crippen molar-refractivity contribution < 1.29 is 14.3 Å². The second-order valence-electron chi connectivity index (χ2n) is 5.63. The van der Waals surface area contributed by atoms with Crippen molar-refractivity contribution in [3.05, 3.63) is 59.7 Å². The molecule has 0 radical (unpaired) electrons. The predicted octanol–water partition coefficient (Wildman–Crippen LogP) is 2.67. The van der Waals surface area contributed by atoms with E-state index in [2.05, 4.69) is 5.32 Å². The van der Waals surface area contributed by atoms with Gasteiger partial charge in [-0.15, -0.1) is 0 Å². The van der Waals surface area contributed by atoms with Gasteiger partial charge in [0.15, 0.2) is 6.10 Å². The summed E-state index contributed by atoms with van der Waals surface area (Å²) in [5.74, 6) is -0.0840. The molecule has 2 amide bonds. The standard InChI is InChI=1S/C19H19N3O3/c1-13(25-15-10-8-14(12-20)9-11-15)18(23)21-17-7-5-4-6-16(17)19(24)22(2)3/h4-11,13H,1-3H3,(H,21,23). The average molecular weight is 337 g/mol. The lowest BCUT2D eigenvalue weighted by Gasteiger charge is -2.17. The Morgan fingerprint density at radius 1 is 1.12 bits per heavy atom. The molecule has 0 aliphatic rings. The van der Waals surface area contributed by atoms with Gasteiger partial charge in [-0.25, -0.2) is 0 Å². The van der Waals surface area contributed by atoms with Crippen molar-refractivity contribution in [2.24, 2.45) is 0 Å². The highest BCUT2D eigenvalue weighted by atomic mass is 16.5. The fraction of sp³-hybridized carbons (Fsp3) is 0.211. The van der Waals surface area contributed by atoms with E-state index >= 15 is 0 Å². The minimum absolute atomic E-state index is 0.198. The van der Waals surface area contributed by atoms with Gasteiger partial charge in [-0.3, -0.25) is 9.59 Å². The van der Waals surface area contributed by atoms with Crippen molar-refractivity contribution in [3.63, 3.8) is 0 Å². The highest BCUT2D eigenvalue weighted by Crippen LogP contribution is 2.18. The van der Waals surface area contributed by atoms with Gasteiger partial charge in [0.2, 0.25) is 0 Å². The normalized spacial score (nSPS) is 11.1. The molecule has 0 aliphatic carbocycles. The van der Waals surface area contributed by atoms with Crippen LogP contribution in [0.1, 0.15) is 22.8 Å². The Bertz CT molecular complexity index is 807. The second kappa shape index (κ2) is 7.97. The molecule has 1 N–H and O–H groups in total. The summed E-state index contributed by atoms with van der Waals surface area (Å²) in [6, 6.07) is 15.3. The van der Waals surface area contributed by atoms with E-state index in [0.717, 1.165) is 0 Å². The number of carbonyl (C=O) groups is 2. The molecule has 0 aliphatic heterocycles. The maximum atomic E-state index is 12.4. The molecule has 0 saturated heterocycles. The number of para-hydroxylation sites is 1. The third kappa shape index (κ3) is 4.58. The van der Waals surface area contributed by atoms with Gasteiger partial charge in [0.1, 0.15) is 5.75 Å². The molecule has 0 heterocycles. The number of ether oxygens (including phenoxy) is 1. The molecule has 1 unspecified atom stereocenters. The fourth-order valence-electron chi connectivity index (χ4n) is 2.12. The van der Waals surface area contributed by atoms with E-state index in [-0.39, 0.29) is 11.8 Å². The number of amides is 2. The van der Waals surface area contributed by atoms with Crippen molar-refractivity contribution >= 4 is 17.5 Å². The van der Waals surface area contributed by atoms with Gasteiger partial charge in [0.25, 0.3) is 11.8 Å². The SMILES string of the molecule is CC(Oc1ccc(C#N)cc1)C(=O)Nc1ccccc1C(=O)N(C)C. The van der Waals surface area contributed by atoms with Crippen molar-refractivity contribution in [1.82, 2.24) is 4.90 Å². The van der Waals surface area contributed by atoms with E-state index in [0.29, 0.717) is 22.6 Å². The van der Waals surface area contributed by atoms with Crippen LogP contribution < -0.4 is 10.1 Å². The average Bonchev–Trinajstić information content (AvgIpc) is 2.62. The van der Waals surface area contributed by atoms with E-state index in [1.54, 1.807) is 69.6 Å². The van der Waals surface area contributed by atoms with E-state index in [4.69, 9.17) is 10.00 Å². The molecule has 2 rings (SSSR count). The largest absolute Gasteiger partial charge is 0.481 e. The van der Waals surface area contributed by atoms with Crippen LogP contribution in [0.5, 0.6) is 5.75 Å². The first-order valence-electron chi connectivity index (χ1n) is 7.70. The summed E-state index contributed by atoms with van der Waals surface area (Å²) in [4.78, 5) is 26.0. The minimum atomic E-state index is -0.768. The molecule has 6 heteroatoms. The van der Waals surface area contributed by atoms with Crippen molar-refractivity contribution in [2.45, 2.75) is 13.0 Å². The molecule has 0 bridgehead atoms. The molecular formula is C19H19N3O3. The monoisotopic (exact) mass is 337 g/mol. The van der Waals surface area contributed by atoms with Crippen molar-refractivity contribution in [2.75, 3.05) is 19.4 Å². The summed E-state index contributed by atoms with van der Waals surface area (Å²) in [5.41, 5.74) is 1.36. The molecule has 0 saturated carbocycles. The summed E-state index contributed by atoms with van der Waals surface area (Å²) >= 11 is 0. The van der Waals surface area contributed by atoms with E-state index in [1.165, 1.54) is 4.90 Å². The summed E-state index contributed by atoms with van der Waals surface area (Å²) in [6.45, 7) is 1.61. The summed E-state index contributed by atoms with van der Waals surface area (Å²) in [7, 11) is 3.30. The van der Waals surface area contributed by atoms with Crippen molar-refractivity contribution in [1.29, 1.82) is 5.26 Å². The van der Waals surface area contributed by atoms with Crippen LogP contribution in [0.25, 0.3) is 0 Å². The van der Waals surface area contributed by atoms with E-state index in [1.807, 2.05) is 6.07 Å². The van der Waals surface area contributed by atoms with Gasteiger partial charge in [-0.2, -0.15) is 5.26 Å². The zero-order valence-corrected chi connectivity index (χ0v) is 14.3. The van der Waals surface area contributed by atoms with Crippen LogP contribution in [0.15, 0.2) is 48.5 Å². The molecule has 0 aromatic heterocycles. The molecule has 6 nitrogen and oxygen atoms in total. The summed E-state index contributed by atoms with van der Waals surface area (Å²) < 4.78 is 5.58. The van der Waals surface area contributed by atoms with Gasteiger partial charge in [0, 0.05) is 14.1 Å². The van der Waals surface area contributed by atoms with Crippen LogP contribution in [0.3, 0.4) is 0 Å². The topological polar surface area (TPSA) is 82.4 Å². The van der Waals surface area contributed by atoms with Gasteiger partial charge in [0.05, 0.1) is 22.9 Å². The third-order valence-corrected chi connectivity index (χ3v) is 3.49. The lowest BCUT2D eigenvalue weighted by molar-refractivity contribution is -0.122. The fourth-order valence-corrected chi connectivity index (χ4v) is 2.12. The number of nitrogens with one attached hydrogen (secondary N) is 1. The first-order chi connectivity index (χ1) is 11.9. The van der Waals surface area contributed by atoms with Gasteiger partial charge >= 0.3 is 0 Å². The Morgan fingerprint density at radius 2 is 1.76 bits per heavy atom. The highest BCUT2D eigenvalue weighted by molar-refractivity contribution is 6.04. The van der Waals surface area contributed by atoms with E-state index in [9.17, 15) is 9.59 Å². The Balaban J connectivity index is 2.08. The number of hydrogen-bond acceptors (Lipinski definition) is 4. The molecule has 2 aromatic rings. The molecule has 25 heavy (non-hydrogen) atoms. The molecule has 1 atom stereocenters. The van der Waals surface area contributed by atoms with Crippen LogP contribution in [0.4, 0.5) is 5.69 Å². The van der Waals surface area contributed by atoms with Crippen LogP contribution >= 0.6 is 0 Å².